The summed E-state index contributed by atoms with van der Waals surface area (Å²) in [7, 11) is 0. The van der Waals surface area contributed by atoms with Gasteiger partial charge < -0.3 is 20.1 Å². The zero-order valence-corrected chi connectivity index (χ0v) is 24.7. The van der Waals surface area contributed by atoms with Crippen LogP contribution in [0.3, 0.4) is 0 Å². The highest BCUT2D eigenvalue weighted by molar-refractivity contribution is 14.1. The SMILES string of the molecule is CCOc1cc(/C=C2/NC(=O)N(CC(=O)Nc3ccc(C)cc3)C2=O)cc(I)c1OCc1ccc(Cl)cc1Cl. The van der Waals surface area contributed by atoms with Crippen LogP contribution in [0.1, 0.15) is 23.6 Å². The Morgan fingerprint density at radius 1 is 1.08 bits per heavy atom. The van der Waals surface area contributed by atoms with E-state index >= 15 is 0 Å². The number of anilines is 1. The molecule has 1 heterocycles. The smallest absolute Gasteiger partial charge is 0.329 e. The maximum Gasteiger partial charge on any atom is 0.329 e. The third-order valence-corrected chi connectivity index (χ3v) is 7.02. The fraction of sp³-hybridized carbons (Fsp3) is 0.179. The Labute approximate surface area is 249 Å². The number of imide groups is 1. The lowest BCUT2D eigenvalue weighted by molar-refractivity contribution is -0.127. The van der Waals surface area contributed by atoms with Crippen LogP contribution < -0.4 is 20.1 Å². The highest BCUT2D eigenvalue weighted by Gasteiger charge is 2.35. The van der Waals surface area contributed by atoms with Crippen molar-refractivity contribution >= 4 is 75.4 Å². The molecule has 0 bridgehead atoms. The molecule has 0 unspecified atom stereocenters. The van der Waals surface area contributed by atoms with Crippen LogP contribution in [0, 0.1) is 10.5 Å². The summed E-state index contributed by atoms with van der Waals surface area (Å²) in [6.45, 7) is 3.94. The van der Waals surface area contributed by atoms with E-state index in [9.17, 15) is 14.4 Å². The molecule has 3 aromatic rings. The first kappa shape index (κ1) is 28.7. The lowest BCUT2D eigenvalue weighted by Gasteiger charge is -2.15. The highest BCUT2D eigenvalue weighted by Crippen LogP contribution is 2.36. The molecule has 1 fully saturated rings. The van der Waals surface area contributed by atoms with Crippen LogP contribution in [0.4, 0.5) is 10.5 Å². The fourth-order valence-electron chi connectivity index (χ4n) is 3.73. The molecule has 3 aromatic carbocycles. The molecular weight excluding hydrogens is 656 g/mol. The summed E-state index contributed by atoms with van der Waals surface area (Å²) in [6, 6.07) is 15.2. The van der Waals surface area contributed by atoms with Gasteiger partial charge in [0.15, 0.2) is 11.5 Å². The van der Waals surface area contributed by atoms with Crippen LogP contribution in [0.2, 0.25) is 10.0 Å². The number of hydrogen-bond donors (Lipinski definition) is 2. The minimum Gasteiger partial charge on any atom is -0.490 e. The van der Waals surface area contributed by atoms with Crippen molar-refractivity contribution in [2.75, 3.05) is 18.5 Å². The van der Waals surface area contributed by atoms with Gasteiger partial charge in [0.1, 0.15) is 18.8 Å². The van der Waals surface area contributed by atoms with Crippen molar-refractivity contribution < 1.29 is 23.9 Å². The molecule has 0 radical (unpaired) electrons. The van der Waals surface area contributed by atoms with Gasteiger partial charge in [-0.2, -0.15) is 0 Å². The number of nitrogens with zero attached hydrogens (tertiary/aromatic N) is 1. The maximum atomic E-state index is 12.9. The average Bonchev–Trinajstić information content (AvgIpc) is 3.13. The second kappa shape index (κ2) is 12.7. The Morgan fingerprint density at radius 3 is 2.51 bits per heavy atom. The van der Waals surface area contributed by atoms with E-state index in [0.717, 1.165) is 19.6 Å². The van der Waals surface area contributed by atoms with Gasteiger partial charge in [-0.3, -0.25) is 9.59 Å². The second-order valence-corrected chi connectivity index (χ2v) is 10.6. The predicted molar refractivity (Wildman–Crippen MR) is 159 cm³/mol. The summed E-state index contributed by atoms with van der Waals surface area (Å²) < 4.78 is 12.6. The van der Waals surface area contributed by atoms with Gasteiger partial charge in [-0.1, -0.05) is 47.0 Å². The van der Waals surface area contributed by atoms with Crippen molar-refractivity contribution in [3.8, 4) is 11.5 Å². The number of urea groups is 1. The Bertz CT molecular complexity index is 1460. The number of hydrogen-bond acceptors (Lipinski definition) is 5. The average molecular weight is 680 g/mol. The van der Waals surface area contributed by atoms with E-state index < -0.39 is 24.4 Å². The molecule has 202 valence electrons. The molecule has 1 aliphatic rings. The molecule has 4 rings (SSSR count). The molecule has 39 heavy (non-hydrogen) atoms. The third kappa shape index (κ3) is 7.23. The van der Waals surface area contributed by atoms with Gasteiger partial charge in [-0.25, -0.2) is 9.69 Å². The van der Waals surface area contributed by atoms with Crippen LogP contribution in [-0.2, 0) is 16.2 Å². The maximum absolute atomic E-state index is 12.9. The van der Waals surface area contributed by atoms with E-state index in [-0.39, 0.29) is 12.3 Å². The van der Waals surface area contributed by atoms with E-state index in [1.54, 1.807) is 42.5 Å². The van der Waals surface area contributed by atoms with Crippen molar-refractivity contribution in [2.24, 2.45) is 0 Å². The van der Waals surface area contributed by atoms with E-state index in [1.165, 1.54) is 6.08 Å². The molecule has 0 atom stereocenters. The molecule has 1 saturated heterocycles. The monoisotopic (exact) mass is 679 g/mol. The highest BCUT2D eigenvalue weighted by atomic mass is 127. The molecule has 0 saturated carbocycles. The van der Waals surface area contributed by atoms with Crippen molar-refractivity contribution in [1.29, 1.82) is 0 Å². The molecule has 1 aliphatic heterocycles. The molecule has 0 aliphatic carbocycles. The first-order valence-corrected chi connectivity index (χ1v) is 13.7. The second-order valence-electron chi connectivity index (χ2n) is 8.58. The van der Waals surface area contributed by atoms with Crippen LogP contribution in [-0.4, -0.2) is 35.9 Å². The number of ether oxygens (including phenoxy) is 2. The number of halogens is 3. The summed E-state index contributed by atoms with van der Waals surface area (Å²) in [4.78, 5) is 38.7. The van der Waals surface area contributed by atoms with Crippen LogP contribution in [0.5, 0.6) is 11.5 Å². The zero-order chi connectivity index (χ0) is 28.1. The minimum absolute atomic E-state index is 0.0444. The van der Waals surface area contributed by atoms with Crippen LogP contribution >= 0.6 is 45.8 Å². The number of nitrogens with one attached hydrogen (secondary N) is 2. The molecule has 0 spiro atoms. The quantitative estimate of drug-likeness (QED) is 0.155. The van der Waals surface area contributed by atoms with Crippen molar-refractivity contribution in [2.45, 2.75) is 20.5 Å². The minimum atomic E-state index is -0.676. The van der Waals surface area contributed by atoms with Gasteiger partial charge in [0.05, 0.1) is 10.2 Å². The molecule has 11 heteroatoms. The van der Waals surface area contributed by atoms with Crippen molar-refractivity contribution in [3.05, 3.63) is 90.6 Å². The summed E-state index contributed by atoms with van der Waals surface area (Å²) in [6.07, 6.45) is 1.53. The Balaban J connectivity index is 1.49. The van der Waals surface area contributed by atoms with E-state index in [0.29, 0.717) is 39.4 Å². The Hall–Kier alpha value is -3.28. The van der Waals surface area contributed by atoms with Gasteiger partial charge in [0.25, 0.3) is 5.91 Å². The lowest BCUT2D eigenvalue weighted by atomic mass is 10.1. The number of aryl methyl sites for hydroxylation is 1. The molecule has 0 aromatic heterocycles. The van der Waals surface area contributed by atoms with E-state index in [1.807, 2.05) is 26.0 Å². The van der Waals surface area contributed by atoms with E-state index in [4.69, 9.17) is 32.7 Å². The Morgan fingerprint density at radius 2 is 1.82 bits per heavy atom. The number of carbonyl (C=O) groups excluding carboxylic acids is 3. The van der Waals surface area contributed by atoms with Crippen LogP contribution in [0.25, 0.3) is 6.08 Å². The molecule has 2 N–H and O–H groups in total. The predicted octanol–water partition coefficient (Wildman–Crippen LogP) is 6.42. The summed E-state index contributed by atoms with van der Waals surface area (Å²) in [5, 5.41) is 6.25. The summed E-state index contributed by atoms with van der Waals surface area (Å²) >= 11 is 14.4. The standard InChI is InChI=1S/C28H24Cl2IN3O5/c1-3-38-24-12-17(10-22(31)26(24)39-15-18-6-7-19(29)13-21(18)30)11-23-27(36)34(28(37)33-23)14-25(35)32-20-8-4-16(2)5-9-20/h4-13H,3,14-15H2,1-2H3,(H,32,35)(H,33,37)/b23-11+. The van der Waals surface area contributed by atoms with Crippen molar-refractivity contribution in [3.63, 3.8) is 0 Å². The van der Waals surface area contributed by atoms with Gasteiger partial charge in [-0.15, -0.1) is 0 Å². The summed E-state index contributed by atoms with van der Waals surface area (Å²) in [5.74, 6) is -0.113. The number of carbonyl (C=O) groups is 3. The van der Waals surface area contributed by atoms with Gasteiger partial charge >= 0.3 is 6.03 Å². The normalized spacial score (nSPS) is 14.0. The van der Waals surface area contributed by atoms with Gasteiger partial charge in [0, 0.05) is 21.3 Å². The third-order valence-electron chi connectivity index (χ3n) is 5.63. The summed E-state index contributed by atoms with van der Waals surface area (Å²) in [5.41, 5.74) is 3.03. The lowest BCUT2D eigenvalue weighted by Crippen LogP contribution is -2.38. The van der Waals surface area contributed by atoms with Crippen molar-refractivity contribution in [1.82, 2.24) is 10.2 Å². The molecule has 8 nitrogen and oxygen atoms in total. The van der Waals surface area contributed by atoms with Gasteiger partial charge in [-0.05, 0) is 84.5 Å². The van der Waals surface area contributed by atoms with Gasteiger partial charge in [0.2, 0.25) is 5.91 Å². The molecular formula is C28H24Cl2IN3O5. The fourth-order valence-corrected chi connectivity index (χ4v) is 4.97. The molecule has 4 amide bonds. The van der Waals surface area contributed by atoms with E-state index in [2.05, 4.69) is 33.2 Å². The topological polar surface area (TPSA) is 97.0 Å². The number of rotatable bonds is 9. The first-order valence-electron chi connectivity index (χ1n) is 11.9. The van der Waals surface area contributed by atoms with Crippen LogP contribution in [0.15, 0.2) is 60.3 Å². The number of amides is 4. The number of benzene rings is 3. The Kier molecular flexibility index (Phi) is 9.36. The zero-order valence-electron chi connectivity index (χ0n) is 21.0. The largest absolute Gasteiger partial charge is 0.490 e. The first-order chi connectivity index (χ1) is 18.6.